The van der Waals surface area contributed by atoms with E-state index in [0.717, 1.165) is 30.1 Å². The van der Waals surface area contributed by atoms with Crippen LogP contribution in [-0.2, 0) is 22.8 Å². The van der Waals surface area contributed by atoms with Gasteiger partial charge in [-0.15, -0.1) is 0 Å². The average Bonchev–Trinajstić information content (AvgIpc) is 3.47. The maximum absolute atomic E-state index is 7.34. The van der Waals surface area contributed by atoms with Gasteiger partial charge >= 0.3 is 0 Å². The van der Waals surface area contributed by atoms with Gasteiger partial charge in [0.15, 0.2) is 48.2 Å². The van der Waals surface area contributed by atoms with Crippen LogP contribution in [0.25, 0.3) is 11.2 Å². The highest BCUT2D eigenvalue weighted by molar-refractivity contribution is 6.75. The first-order chi connectivity index (χ1) is 20.5. The summed E-state index contributed by atoms with van der Waals surface area (Å²) in [5.74, 6) is 0.828. The fourth-order valence-corrected chi connectivity index (χ4v) is 8.53. The Balaban J connectivity index is 1.82. The lowest BCUT2D eigenvalue weighted by molar-refractivity contribution is -0.0470. The minimum Gasteiger partial charge on any atom is -0.414 e. The average molecular weight is 680 g/mol. The summed E-state index contributed by atoms with van der Waals surface area (Å²) in [5.41, 5.74) is 1.49. The SMILES string of the molecule is CC(C)(C)[Si](C)(C)OC[C@H]1O[C@@H](n2cnc3c(N4CCOCC4)ncnc32)C(O[Si](C)(C)C(C)(C)C)C1O[Si](C)(C)C(C)(C)C. The topological polar surface area (TPSA) is 93.0 Å². The highest BCUT2D eigenvalue weighted by Crippen LogP contribution is 2.47. The van der Waals surface area contributed by atoms with E-state index in [0.29, 0.717) is 19.8 Å². The second-order valence-corrected chi connectivity index (χ2v) is 31.8. The molecule has 2 aromatic rings. The minimum atomic E-state index is -2.28. The third-order valence-corrected chi connectivity index (χ3v) is 24.5. The molecule has 10 nitrogen and oxygen atoms in total. The summed E-state index contributed by atoms with van der Waals surface area (Å²) < 4.78 is 36.2. The Bertz CT molecular complexity index is 1310. The van der Waals surface area contributed by atoms with Crippen molar-refractivity contribution >= 4 is 41.9 Å². The number of morpholine rings is 1. The van der Waals surface area contributed by atoms with E-state index >= 15 is 0 Å². The number of hydrogen-bond acceptors (Lipinski definition) is 9. The lowest BCUT2D eigenvalue weighted by Crippen LogP contribution is -2.54. The van der Waals surface area contributed by atoms with E-state index in [4.69, 9.17) is 32.7 Å². The van der Waals surface area contributed by atoms with Gasteiger partial charge in [0.05, 0.1) is 26.1 Å². The summed E-state index contributed by atoms with van der Waals surface area (Å²) in [5, 5.41) is 0.0854. The number of anilines is 1. The summed E-state index contributed by atoms with van der Waals surface area (Å²) in [7, 11) is -6.59. The first kappa shape index (κ1) is 36.6. The monoisotopic (exact) mass is 679 g/mol. The Kier molecular flexibility index (Phi) is 10.3. The third-order valence-electron chi connectivity index (χ3n) is 11.1. The molecule has 0 amide bonds. The maximum atomic E-state index is 7.34. The van der Waals surface area contributed by atoms with Crippen molar-refractivity contribution in [3.8, 4) is 0 Å². The first-order valence-electron chi connectivity index (χ1n) is 16.6. The van der Waals surface area contributed by atoms with E-state index in [1.807, 2.05) is 10.9 Å². The highest BCUT2D eigenvalue weighted by Gasteiger charge is 2.55. The quantitative estimate of drug-likeness (QED) is 0.252. The molecule has 0 spiro atoms. The molecule has 2 unspecified atom stereocenters. The zero-order chi connectivity index (χ0) is 33.8. The molecular formula is C32H61N5O5Si3. The second-order valence-electron chi connectivity index (χ2n) is 17.4. The molecule has 256 valence electrons. The van der Waals surface area contributed by atoms with Gasteiger partial charge in [-0.25, -0.2) is 15.0 Å². The summed E-state index contributed by atoms with van der Waals surface area (Å²) >= 11 is 0. The van der Waals surface area contributed by atoms with Crippen LogP contribution >= 0.6 is 0 Å². The zero-order valence-electron chi connectivity index (χ0n) is 30.8. The summed E-state index contributed by atoms with van der Waals surface area (Å²) in [6.07, 6.45) is 1.99. The lowest BCUT2D eigenvalue weighted by Gasteiger charge is -2.44. The number of aromatic nitrogens is 4. The number of hydrogen-bond donors (Lipinski definition) is 0. The summed E-state index contributed by atoms with van der Waals surface area (Å²) in [6.45, 7) is 37.6. The zero-order valence-corrected chi connectivity index (χ0v) is 33.8. The van der Waals surface area contributed by atoms with Gasteiger partial charge in [0.1, 0.15) is 24.6 Å². The van der Waals surface area contributed by atoms with Crippen molar-refractivity contribution in [2.24, 2.45) is 0 Å². The Morgan fingerprint density at radius 1 is 0.756 bits per heavy atom. The smallest absolute Gasteiger partial charge is 0.192 e. The molecule has 0 radical (unpaired) electrons. The normalized spacial score (nSPS) is 24.6. The standard InChI is InChI=1S/C32H61N5O5Si3/c1-30(2,3)43(10,11)39-20-23-25(41-44(12,13)31(4,5)6)26(42-45(14,15)32(7,8)9)29(40-23)37-22-35-24-27(33-21-34-28(24)37)36-16-18-38-19-17-36/h21-23,25-26,29H,16-20H2,1-15H3/t23-,25?,26?,29-/m1/s1. The highest BCUT2D eigenvalue weighted by atomic mass is 28.4. The van der Waals surface area contributed by atoms with E-state index in [1.54, 1.807) is 6.33 Å². The van der Waals surface area contributed by atoms with Crippen LogP contribution in [0.15, 0.2) is 12.7 Å². The molecule has 2 aromatic heterocycles. The van der Waals surface area contributed by atoms with E-state index in [1.165, 1.54) is 0 Å². The van der Waals surface area contributed by atoms with Crippen LogP contribution in [0, 0.1) is 0 Å². The molecule has 0 aliphatic carbocycles. The summed E-state index contributed by atoms with van der Waals surface area (Å²) in [4.78, 5) is 16.5. The van der Waals surface area contributed by atoms with Crippen molar-refractivity contribution < 1.29 is 22.8 Å². The fourth-order valence-electron chi connectivity index (χ4n) is 4.91. The summed E-state index contributed by atoms with van der Waals surface area (Å²) in [6, 6.07) is 0. The number of imidazole rings is 1. The molecule has 2 fully saturated rings. The van der Waals surface area contributed by atoms with Crippen LogP contribution in [0.5, 0.6) is 0 Å². The molecule has 4 atom stereocenters. The van der Waals surface area contributed by atoms with Crippen molar-refractivity contribution in [2.45, 2.75) is 141 Å². The van der Waals surface area contributed by atoms with Gasteiger partial charge in [-0.1, -0.05) is 62.3 Å². The van der Waals surface area contributed by atoms with Crippen molar-refractivity contribution in [3.63, 3.8) is 0 Å². The van der Waals surface area contributed by atoms with Gasteiger partial charge in [0.25, 0.3) is 0 Å². The van der Waals surface area contributed by atoms with Crippen LogP contribution in [-0.4, -0.2) is 95.7 Å². The minimum absolute atomic E-state index is 0.00250. The Hall–Kier alpha value is -1.20. The third kappa shape index (κ3) is 7.60. The molecule has 0 N–H and O–H groups in total. The Morgan fingerprint density at radius 2 is 1.29 bits per heavy atom. The molecule has 0 bridgehead atoms. The Labute approximate surface area is 275 Å². The molecular weight excluding hydrogens is 619 g/mol. The van der Waals surface area contributed by atoms with Gasteiger partial charge in [-0.3, -0.25) is 4.57 Å². The molecule has 4 heterocycles. The second kappa shape index (κ2) is 12.7. The molecule has 2 saturated heterocycles. The molecule has 2 aliphatic rings. The lowest BCUT2D eigenvalue weighted by atomic mass is 10.1. The molecule has 0 saturated carbocycles. The predicted molar refractivity (Wildman–Crippen MR) is 190 cm³/mol. The number of nitrogens with zero attached hydrogens (tertiary/aromatic N) is 5. The van der Waals surface area contributed by atoms with Crippen LogP contribution in [0.2, 0.25) is 54.4 Å². The van der Waals surface area contributed by atoms with Crippen molar-refractivity contribution in [1.82, 2.24) is 19.5 Å². The predicted octanol–water partition coefficient (Wildman–Crippen LogP) is 7.36. The van der Waals surface area contributed by atoms with E-state index < -0.39 is 31.2 Å². The largest absolute Gasteiger partial charge is 0.414 e. The Morgan fingerprint density at radius 3 is 1.82 bits per heavy atom. The number of ether oxygens (including phenoxy) is 2. The van der Waals surface area contributed by atoms with Crippen molar-refractivity contribution in [2.75, 3.05) is 37.8 Å². The molecule has 4 rings (SSSR count). The van der Waals surface area contributed by atoms with Crippen LogP contribution in [0.1, 0.15) is 68.5 Å². The van der Waals surface area contributed by atoms with Crippen LogP contribution in [0.4, 0.5) is 5.82 Å². The molecule has 13 heteroatoms. The maximum Gasteiger partial charge on any atom is 0.192 e. The van der Waals surface area contributed by atoms with Gasteiger partial charge in [0, 0.05) is 13.1 Å². The number of fused-ring (bicyclic) bond motifs is 1. The van der Waals surface area contributed by atoms with E-state index in [-0.39, 0.29) is 33.4 Å². The molecule has 2 aliphatic heterocycles. The van der Waals surface area contributed by atoms with Gasteiger partial charge in [0.2, 0.25) is 0 Å². The van der Waals surface area contributed by atoms with Crippen LogP contribution in [0.3, 0.4) is 0 Å². The van der Waals surface area contributed by atoms with Gasteiger partial charge < -0.3 is 27.7 Å². The van der Waals surface area contributed by atoms with Gasteiger partial charge in [-0.2, -0.15) is 0 Å². The van der Waals surface area contributed by atoms with Gasteiger partial charge in [-0.05, 0) is 54.4 Å². The van der Waals surface area contributed by atoms with Crippen LogP contribution < -0.4 is 4.90 Å². The first-order valence-corrected chi connectivity index (χ1v) is 25.3. The molecule has 0 aromatic carbocycles. The van der Waals surface area contributed by atoms with Crippen molar-refractivity contribution in [1.29, 1.82) is 0 Å². The molecule has 45 heavy (non-hydrogen) atoms. The number of rotatable bonds is 9. The van der Waals surface area contributed by atoms with E-state index in [2.05, 4.69) is 111 Å². The van der Waals surface area contributed by atoms with E-state index in [9.17, 15) is 0 Å². The van der Waals surface area contributed by atoms with Crippen molar-refractivity contribution in [3.05, 3.63) is 12.7 Å². The fraction of sp³-hybridized carbons (Fsp3) is 0.844.